The predicted molar refractivity (Wildman–Crippen MR) is 87.9 cm³/mol. The first kappa shape index (κ1) is 17.7. The molecule has 1 aromatic carbocycles. The predicted octanol–water partition coefficient (Wildman–Crippen LogP) is 1.54. The van der Waals surface area contributed by atoms with Gasteiger partial charge in [0.05, 0.1) is 12.0 Å². The lowest BCUT2D eigenvalue weighted by Gasteiger charge is -2.21. The summed E-state index contributed by atoms with van der Waals surface area (Å²) >= 11 is 0. The Morgan fingerprint density at radius 1 is 1.39 bits per heavy atom. The Labute approximate surface area is 137 Å². The van der Waals surface area contributed by atoms with Crippen LogP contribution < -0.4 is 9.46 Å². The van der Waals surface area contributed by atoms with Crippen molar-refractivity contribution in [1.82, 2.24) is 9.62 Å². The zero-order valence-corrected chi connectivity index (χ0v) is 14.8. The highest BCUT2D eigenvalue weighted by molar-refractivity contribution is 7.89. The normalized spacial score (nSPS) is 18.7. The number of nitrogens with zero attached hydrogens (tertiary/aromatic N) is 1. The second kappa shape index (κ2) is 6.88. The maximum Gasteiger partial charge on any atom is 0.240 e. The number of ether oxygens (including phenoxy) is 1. The molecule has 1 amide bonds. The molecule has 23 heavy (non-hydrogen) atoms. The van der Waals surface area contributed by atoms with Crippen molar-refractivity contribution in [2.45, 2.75) is 38.1 Å². The molecule has 0 aliphatic carbocycles. The van der Waals surface area contributed by atoms with Gasteiger partial charge in [-0.25, -0.2) is 13.1 Å². The molecule has 2 rings (SSSR count). The van der Waals surface area contributed by atoms with Crippen LogP contribution in [-0.4, -0.2) is 45.5 Å². The van der Waals surface area contributed by atoms with Gasteiger partial charge in [0.2, 0.25) is 15.9 Å². The van der Waals surface area contributed by atoms with E-state index in [4.69, 9.17) is 4.74 Å². The lowest BCUT2D eigenvalue weighted by atomic mass is 10.1. The summed E-state index contributed by atoms with van der Waals surface area (Å²) in [5.74, 6) is 0.751. The zero-order valence-electron chi connectivity index (χ0n) is 14.0. The van der Waals surface area contributed by atoms with Gasteiger partial charge in [0.15, 0.2) is 0 Å². The van der Waals surface area contributed by atoms with Crippen molar-refractivity contribution < 1.29 is 17.9 Å². The van der Waals surface area contributed by atoms with E-state index in [1.807, 2.05) is 13.8 Å². The van der Waals surface area contributed by atoms with E-state index in [0.717, 1.165) is 5.56 Å². The number of hydrogen-bond acceptors (Lipinski definition) is 4. The third kappa shape index (κ3) is 4.03. The molecule has 1 fully saturated rings. The topological polar surface area (TPSA) is 75.7 Å². The third-order valence-electron chi connectivity index (χ3n) is 4.10. The molecule has 1 aliphatic rings. The van der Waals surface area contributed by atoms with E-state index in [1.165, 1.54) is 6.07 Å². The maximum atomic E-state index is 12.4. The monoisotopic (exact) mass is 340 g/mol. The van der Waals surface area contributed by atoms with Gasteiger partial charge in [-0.1, -0.05) is 0 Å². The number of carbonyl (C=O) groups is 1. The van der Waals surface area contributed by atoms with Crippen LogP contribution >= 0.6 is 0 Å². The Hall–Kier alpha value is -1.60. The molecule has 1 atom stereocenters. The molecule has 7 heteroatoms. The fraction of sp³-hybridized carbons (Fsp3) is 0.562. The van der Waals surface area contributed by atoms with Crippen molar-refractivity contribution in [3.05, 3.63) is 23.8 Å². The Kier molecular flexibility index (Phi) is 5.31. The Balaban J connectivity index is 2.02. The van der Waals surface area contributed by atoms with E-state index in [0.29, 0.717) is 18.7 Å². The van der Waals surface area contributed by atoms with Crippen LogP contribution in [0.2, 0.25) is 0 Å². The van der Waals surface area contributed by atoms with Crippen LogP contribution in [0.5, 0.6) is 5.75 Å². The number of amides is 1. The number of rotatable bonds is 6. The number of hydrogen-bond donors (Lipinski definition) is 1. The Morgan fingerprint density at radius 2 is 2.09 bits per heavy atom. The summed E-state index contributed by atoms with van der Waals surface area (Å²) in [4.78, 5) is 13.9. The van der Waals surface area contributed by atoms with Crippen LogP contribution in [0.15, 0.2) is 23.1 Å². The fourth-order valence-electron chi connectivity index (χ4n) is 2.77. The van der Waals surface area contributed by atoms with Gasteiger partial charge in [-0.05, 0) is 50.5 Å². The van der Waals surface area contributed by atoms with E-state index in [1.54, 1.807) is 31.1 Å². The molecule has 0 saturated carbocycles. The van der Waals surface area contributed by atoms with Crippen molar-refractivity contribution >= 4 is 15.9 Å². The lowest BCUT2D eigenvalue weighted by molar-refractivity contribution is -0.129. The van der Waals surface area contributed by atoms with Crippen LogP contribution in [-0.2, 0) is 14.8 Å². The minimum absolute atomic E-state index is 0.0130. The first-order valence-electron chi connectivity index (χ1n) is 7.68. The van der Waals surface area contributed by atoms with Crippen molar-refractivity contribution in [3.8, 4) is 5.75 Å². The highest BCUT2D eigenvalue weighted by atomic mass is 32.2. The van der Waals surface area contributed by atoms with Crippen molar-refractivity contribution in [1.29, 1.82) is 0 Å². The second-order valence-corrected chi connectivity index (χ2v) is 7.96. The summed E-state index contributed by atoms with van der Waals surface area (Å²) in [7, 11) is -2.04. The minimum atomic E-state index is -3.59. The van der Waals surface area contributed by atoms with E-state index in [-0.39, 0.29) is 29.3 Å². The van der Waals surface area contributed by atoms with E-state index in [9.17, 15) is 13.2 Å². The highest BCUT2D eigenvalue weighted by Crippen LogP contribution is 2.23. The van der Waals surface area contributed by atoms with Gasteiger partial charge < -0.3 is 9.64 Å². The van der Waals surface area contributed by atoms with Gasteiger partial charge in [0, 0.05) is 25.6 Å². The quantitative estimate of drug-likeness (QED) is 0.852. The first-order valence-corrected chi connectivity index (χ1v) is 9.16. The van der Waals surface area contributed by atoms with E-state index >= 15 is 0 Å². The molecule has 6 nitrogen and oxygen atoms in total. The molecule has 1 saturated heterocycles. The number of benzene rings is 1. The minimum Gasteiger partial charge on any atom is -0.496 e. The van der Waals surface area contributed by atoms with Gasteiger partial charge in [-0.2, -0.15) is 0 Å². The number of carbonyl (C=O) groups excluding carboxylic acids is 1. The van der Waals surface area contributed by atoms with Crippen LogP contribution in [0.4, 0.5) is 0 Å². The van der Waals surface area contributed by atoms with E-state index < -0.39 is 10.0 Å². The SMILES string of the molecule is COc1ccc(S(=O)(=O)NCC2CC(=O)N(C(C)C)C2)cc1C. The first-order chi connectivity index (χ1) is 10.7. The second-order valence-electron chi connectivity index (χ2n) is 6.19. The smallest absolute Gasteiger partial charge is 0.240 e. The molecular formula is C16H24N2O4S. The third-order valence-corrected chi connectivity index (χ3v) is 5.52. The van der Waals surface area contributed by atoms with Crippen LogP contribution in [0.25, 0.3) is 0 Å². The maximum absolute atomic E-state index is 12.4. The molecule has 0 aromatic heterocycles. The number of methoxy groups -OCH3 is 1. The average Bonchev–Trinajstić information content (AvgIpc) is 2.86. The van der Waals surface area contributed by atoms with Gasteiger partial charge in [0.1, 0.15) is 5.75 Å². The fourth-order valence-corrected chi connectivity index (χ4v) is 3.97. The summed E-state index contributed by atoms with van der Waals surface area (Å²) in [6.07, 6.45) is 0.391. The van der Waals surface area contributed by atoms with Crippen molar-refractivity contribution in [2.75, 3.05) is 20.2 Å². The molecule has 1 unspecified atom stereocenters. The van der Waals surface area contributed by atoms with Gasteiger partial charge in [0.25, 0.3) is 0 Å². The number of aryl methyl sites for hydroxylation is 1. The van der Waals surface area contributed by atoms with Crippen molar-refractivity contribution in [3.63, 3.8) is 0 Å². The molecule has 1 heterocycles. The molecule has 0 spiro atoms. The summed E-state index contributed by atoms with van der Waals surface area (Å²) < 4.78 is 32.5. The van der Waals surface area contributed by atoms with Crippen molar-refractivity contribution in [2.24, 2.45) is 5.92 Å². The molecule has 1 N–H and O–H groups in total. The molecule has 128 valence electrons. The zero-order chi connectivity index (χ0) is 17.2. The highest BCUT2D eigenvalue weighted by Gasteiger charge is 2.31. The number of likely N-dealkylation sites (tertiary alicyclic amines) is 1. The molecule has 1 aliphatic heterocycles. The van der Waals surface area contributed by atoms with Gasteiger partial charge in [-0.3, -0.25) is 4.79 Å². The Bertz CT molecular complexity index is 685. The summed E-state index contributed by atoms with van der Waals surface area (Å²) in [5.41, 5.74) is 0.761. The van der Waals surface area contributed by atoms with Gasteiger partial charge >= 0.3 is 0 Å². The van der Waals surface area contributed by atoms with E-state index in [2.05, 4.69) is 4.72 Å². The molecular weight excluding hydrogens is 316 g/mol. The standard InChI is InChI=1S/C16H24N2O4S/c1-11(2)18-10-13(8-16(18)19)9-17-23(20,21)14-5-6-15(22-4)12(3)7-14/h5-7,11,13,17H,8-10H2,1-4H3. The number of sulfonamides is 1. The van der Waals surface area contributed by atoms with Gasteiger partial charge in [-0.15, -0.1) is 0 Å². The van der Waals surface area contributed by atoms with Crippen LogP contribution in [0.1, 0.15) is 25.8 Å². The summed E-state index contributed by atoms with van der Waals surface area (Å²) in [6, 6.07) is 4.90. The summed E-state index contributed by atoms with van der Waals surface area (Å²) in [6.45, 7) is 6.59. The lowest BCUT2D eigenvalue weighted by Crippen LogP contribution is -2.34. The molecule has 0 bridgehead atoms. The summed E-state index contributed by atoms with van der Waals surface area (Å²) in [5, 5.41) is 0. The Morgan fingerprint density at radius 3 is 2.61 bits per heavy atom. The van der Waals surface area contributed by atoms with Crippen LogP contribution in [0, 0.1) is 12.8 Å². The molecule has 0 radical (unpaired) electrons. The number of nitrogens with one attached hydrogen (secondary N) is 1. The largest absolute Gasteiger partial charge is 0.496 e. The average molecular weight is 340 g/mol. The molecule has 1 aromatic rings. The van der Waals surface area contributed by atoms with Crippen LogP contribution in [0.3, 0.4) is 0 Å².